The summed E-state index contributed by atoms with van der Waals surface area (Å²) in [5.41, 5.74) is -0.500. The molecule has 1 radical (unpaired) electrons. The molecule has 0 saturated heterocycles. The van der Waals surface area contributed by atoms with Crippen molar-refractivity contribution in [2.45, 2.75) is 26.4 Å². The van der Waals surface area contributed by atoms with Crippen molar-refractivity contribution in [1.29, 1.82) is 0 Å². The van der Waals surface area contributed by atoms with Crippen LogP contribution in [-0.2, 0) is 21.7 Å². The molecule has 0 rings (SSSR count). The van der Waals surface area contributed by atoms with Gasteiger partial charge in [0.25, 0.3) is 0 Å². The summed E-state index contributed by atoms with van der Waals surface area (Å²) in [5.74, 6) is 0. The van der Waals surface area contributed by atoms with Crippen LogP contribution in [0.25, 0.3) is 0 Å². The molecule has 0 unspecified atom stereocenters. The van der Waals surface area contributed by atoms with Crippen molar-refractivity contribution < 1.29 is 26.8 Å². The molecule has 0 bridgehead atoms. The first kappa shape index (κ1) is 9.84. The maximum atomic E-state index is 8.52. The zero-order chi connectivity index (χ0) is 4.50. The van der Waals surface area contributed by atoms with Gasteiger partial charge in [0.2, 0.25) is 0 Å². The second kappa shape index (κ2) is 2.78. The number of hydrogen-bond donors (Lipinski definition) is 1. The van der Waals surface area contributed by atoms with Crippen molar-refractivity contribution in [2.75, 3.05) is 0 Å². The zero-order valence-corrected chi connectivity index (χ0v) is 6.01. The standard InChI is InChI=1S/C4H10O.Ti/c1-4(2,3)5;/h5H,1-3H3;/q;+3. The minimum atomic E-state index is -0.500. The van der Waals surface area contributed by atoms with Gasteiger partial charge in [-0.3, -0.25) is 0 Å². The summed E-state index contributed by atoms with van der Waals surface area (Å²) in [6.45, 7) is 5.23. The summed E-state index contributed by atoms with van der Waals surface area (Å²) in [4.78, 5) is 0. The third-order valence-corrected chi connectivity index (χ3v) is 0. The summed E-state index contributed by atoms with van der Waals surface area (Å²) >= 11 is 0. The molecule has 0 amide bonds. The van der Waals surface area contributed by atoms with E-state index in [1.54, 1.807) is 20.8 Å². The molecule has 0 aliphatic heterocycles. The number of hydrogen-bond acceptors (Lipinski definition) is 1. The molecule has 0 saturated carbocycles. The van der Waals surface area contributed by atoms with Crippen LogP contribution in [0.5, 0.6) is 0 Å². The molecule has 0 atom stereocenters. The van der Waals surface area contributed by atoms with Gasteiger partial charge in [0.1, 0.15) is 0 Å². The summed E-state index contributed by atoms with van der Waals surface area (Å²) < 4.78 is 0. The summed E-state index contributed by atoms with van der Waals surface area (Å²) in [6.07, 6.45) is 0. The van der Waals surface area contributed by atoms with E-state index in [9.17, 15) is 0 Å². The van der Waals surface area contributed by atoms with E-state index in [2.05, 4.69) is 0 Å². The van der Waals surface area contributed by atoms with E-state index in [1.165, 1.54) is 0 Å². The molecule has 2 heteroatoms. The van der Waals surface area contributed by atoms with Crippen molar-refractivity contribution >= 4 is 0 Å². The van der Waals surface area contributed by atoms with Crippen LogP contribution in [-0.4, -0.2) is 10.7 Å². The normalized spacial score (nSPS) is 10.0. The van der Waals surface area contributed by atoms with Crippen molar-refractivity contribution in [1.82, 2.24) is 0 Å². The van der Waals surface area contributed by atoms with Crippen molar-refractivity contribution in [3.8, 4) is 0 Å². The summed E-state index contributed by atoms with van der Waals surface area (Å²) in [6, 6.07) is 0. The van der Waals surface area contributed by atoms with Crippen molar-refractivity contribution in [2.24, 2.45) is 0 Å². The Kier molecular flexibility index (Phi) is 4.56. The molecule has 33 valence electrons. The van der Waals surface area contributed by atoms with E-state index in [1.807, 2.05) is 0 Å². The Balaban J connectivity index is 0. The van der Waals surface area contributed by atoms with Crippen LogP contribution in [0.1, 0.15) is 20.8 Å². The van der Waals surface area contributed by atoms with E-state index in [-0.39, 0.29) is 21.7 Å². The molecule has 0 heterocycles. The average molecular weight is 122 g/mol. The molecule has 0 aliphatic carbocycles. The van der Waals surface area contributed by atoms with Gasteiger partial charge in [0, 0.05) is 0 Å². The Morgan fingerprint density at radius 2 is 1.17 bits per heavy atom. The molecule has 0 aromatic carbocycles. The van der Waals surface area contributed by atoms with E-state index in [0.717, 1.165) is 0 Å². The minimum Gasteiger partial charge on any atom is -0.391 e. The Bertz CT molecular complexity index is 23.0. The van der Waals surface area contributed by atoms with Gasteiger partial charge in [0.05, 0.1) is 5.60 Å². The van der Waals surface area contributed by atoms with Crippen LogP contribution in [0.3, 0.4) is 0 Å². The topological polar surface area (TPSA) is 20.2 Å². The third-order valence-electron chi connectivity index (χ3n) is 0. The van der Waals surface area contributed by atoms with E-state index in [4.69, 9.17) is 5.11 Å². The van der Waals surface area contributed by atoms with Crippen LogP contribution < -0.4 is 0 Å². The Labute approximate surface area is 53.6 Å². The predicted octanol–water partition coefficient (Wildman–Crippen LogP) is 0.775. The Hall–Kier alpha value is 0.674. The molecular weight excluding hydrogens is 112 g/mol. The van der Waals surface area contributed by atoms with Gasteiger partial charge in [-0.05, 0) is 20.8 Å². The van der Waals surface area contributed by atoms with Gasteiger partial charge < -0.3 is 5.11 Å². The smallest absolute Gasteiger partial charge is 0.391 e. The molecule has 1 nitrogen and oxygen atoms in total. The summed E-state index contributed by atoms with van der Waals surface area (Å²) in [5, 5.41) is 8.52. The molecule has 0 aliphatic rings. The number of aliphatic hydroxyl groups is 1. The average Bonchev–Trinajstić information content (AvgIpc) is 0.722. The Morgan fingerprint density at radius 3 is 1.17 bits per heavy atom. The molecule has 0 fully saturated rings. The molecule has 1 N–H and O–H groups in total. The van der Waals surface area contributed by atoms with Gasteiger partial charge in [-0.15, -0.1) is 0 Å². The maximum absolute atomic E-state index is 8.52. The van der Waals surface area contributed by atoms with Crippen LogP contribution in [0.2, 0.25) is 0 Å². The quantitative estimate of drug-likeness (QED) is 0.470. The van der Waals surface area contributed by atoms with Crippen LogP contribution in [0, 0.1) is 0 Å². The molecule has 6 heavy (non-hydrogen) atoms. The van der Waals surface area contributed by atoms with Gasteiger partial charge in [-0.25, -0.2) is 0 Å². The van der Waals surface area contributed by atoms with Gasteiger partial charge in [-0.2, -0.15) is 0 Å². The van der Waals surface area contributed by atoms with Crippen molar-refractivity contribution in [3.63, 3.8) is 0 Å². The van der Waals surface area contributed by atoms with Crippen LogP contribution >= 0.6 is 0 Å². The van der Waals surface area contributed by atoms with Gasteiger partial charge >= 0.3 is 21.7 Å². The minimum absolute atomic E-state index is 0. The number of rotatable bonds is 0. The van der Waals surface area contributed by atoms with Crippen molar-refractivity contribution in [3.05, 3.63) is 0 Å². The van der Waals surface area contributed by atoms with E-state index < -0.39 is 5.60 Å². The SMILES string of the molecule is CC(C)(C)O.[Ti+3]. The fourth-order valence-corrected chi connectivity index (χ4v) is 0. The maximum Gasteiger partial charge on any atom is 3.00 e. The summed E-state index contributed by atoms with van der Waals surface area (Å²) in [7, 11) is 0. The molecule has 0 aromatic rings. The first-order valence-electron chi connectivity index (χ1n) is 1.72. The molecular formula is C4H10OTi+3. The van der Waals surface area contributed by atoms with E-state index in [0.29, 0.717) is 0 Å². The Morgan fingerprint density at radius 1 is 1.17 bits per heavy atom. The van der Waals surface area contributed by atoms with Gasteiger partial charge in [0.15, 0.2) is 0 Å². The fraction of sp³-hybridized carbons (Fsp3) is 1.00. The molecule has 0 aromatic heterocycles. The molecule has 0 spiro atoms. The van der Waals surface area contributed by atoms with Crippen LogP contribution in [0.4, 0.5) is 0 Å². The monoisotopic (exact) mass is 122 g/mol. The fourth-order valence-electron chi connectivity index (χ4n) is 0. The second-order valence-corrected chi connectivity index (χ2v) is 2.17. The van der Waals surface area contributed by atoms with Crippen LogP contribution in [0.15, 0.2) is 0 Å². The third kappa shape index (κ3) is 139. The largest absolute Gasteiger partial charge is 3.00 e. The second-order valence-electron chi connectivity index (χ2n) is 2.17. The van der Waals surface area contributed by atoms with E-state index >= 15 is 0 Å². The predicted molar refractivity (Wildman–Crippen MR) is 22.0 cm³/mol. The first-order chi connectivity index (χ1) is 2.00. The van der Waals surface area contributed by atoms with Gasteiger partial charge in [-0.1, -0.05) is 0 Å². The first-order valence-corrected chi connectivity index (χ1v) is 1.72. The zero-order valence-electron chi connectivity index (χ0n) is 4.45.